The van der Waals surface area contributed by atoms with Gasteiger partial charge < -0.3 is 19.7 Å². The Bertz CT molecular complexity index is 374. The zero-order valence-electron chi connectivity index (χ0n) is 9.45. The average Bonchev–Trinajstić information content (AvgIpc) is 2.40. The van der Waals surface area contributed by atoms with Crippen LogP contribution in [0.3, 0.4) is 0 Å². The van der Waals surface area contributed by atoms with Gasteiger partial charge in [-0.05, 0) is 12.1 Å². The SMILES string of the molecule is O[C@H]1[C@H](Oc2ccccc2)O[C@H](CF)[C@@H](O)[C@H]1F. The van der Waals surface area contributed by atoms with E-state index in [9.17, 15) is 19.0 Å². The molecule has 0 aliphatic carbocycles. The summed E-state index contributed by atoms with van der Waals surface area (Å²) in [6.07, 6.45) is -8.04. The first-order chi connectivity index (χ1) is 8.63. The molecule has 0 saturated carbocycles. The number of para-hydroxylation sites is 1. The Labute approximate surface area is 103 Å². The topological polar surface area (TPSA) is 58.9 Å². The number of aliphatic hydroxyl groups excluding tert-OH is 2. The van der Waals surface area contributed by atoms with Crippen molar-refractivity contribution in [2.45, 2.75) is 30.8 Å². The van der Waals surface area contributed by atoms with Gasteiger partial charge in [0.1, 0.15) is 30.7 Å². The molecule has 4 nitrogen and oxygen atoms in total. The van der Waals surface area contributed by atoms with Gasteiger partial charge in [0.05, 0.1) is 0 Å². The zero-order chi connectivity index (χ0) is 13.1. The highest BCUT2D eigenvalue weighted by atomic mass is 19.1. The maximum atomic E-state index is 13.5. The van der Waals surface area contributed by atoms with Gasteiger partial charge in [-0.15, -0.1) is 0 Å². The van der Waals surface area contributed by atoms with E-state index in [0.717, 1.165) is 0 Å². The molecule has 2 rings (SSSR count). The number of alkyl halides is 2. The Morgan fingerprint density at radius 3 is 2.44 bits per heavy atom. The second kappa shape index (κ2) is 5.60. The summed E-state index contributed by atoms with van der Waals surface area (Å²) < 4.78 is 36.3. The van der Waals surface area contributed by atoms with Crippen molar-refractivity contribution in [3.05, 3.63) is 30.3 Å². The lowest BCUT2D eigenvalue weighted by atomic mass is 10.0. The summed E-state index contributed by atoms with van der Waals surface area (Å²) in [6, 6.07) is 8.34. The van der Waals surface area contributed by atoms with E-state index in [1.165, 1.54) is 0 Å². The van der Waals surface area contributed by atoms with E-state index in [1.807, 2.05) is 0 Å². The zero-order valence-corrected chi connectivity index (χ0v) is 9.45. The molecule has 18 heavy (non-hydrogen) atoms. The monoisotopic (exact) mass is 260 g/mol. The number of ether oxygens (including phenoxy) is 2. The van der Waals surface area contributed by atoms with E-state index in [4.69, 9.17) is 9.47 Å². The van der Waals surface area contributed by atoms with Crippen LogP contribution in [0.2, 0.25) is 0 Å². The van der Waals surface area contributed by atoms with Crippen molar-refractivity contribution in [1.29, 1.82) is 0 Å². The maximum Gasteiger partial charge on any atom is 0.229 e. The van der Waals surface area contributed by atoms with Gasteiger partial charge in [-0.25, -0.2) is 8.78 Å². The van der Waals surface area contributed by atoms with Crippen LogP contribution in [0.4, 0.5) is 8.78 Å². The van der Waals surface area contributed by atoms with Crippen LogP contribution in [0.5, 0.6) is 5.75 Å². The third-order valence-electron chi connectivity index (χ3n) is 2.77. The van der Waals surface area contributed by atoms with Gasteiger partial charge in [0.2, 0.25) is 6.29 Å². The molecular weight excluding hydrogens is 246 g/mol. The second-order valence-electron chi connectivity index (χ2n) is 4.05. The van der Waals surface area contributed by atoms with Gasteiger partial charge in [-0.3, -0.25) is 0 Å². The molecule has 100 valence electrons. The van der Waals surface area contributed by atoms with E-state index >= 15 is 0 Å². The fourth-order valence-corrected chi connectivity index (χ4v) is 1.75. The largest absolute Gasteiger partial charge is 0.462 e. The van der Waals surface area contributed by atoms with Crippen LogP contribution in [-0.2, 0) is 4.74 Å². The Hall–Kier alpha value is -1.24. The fourth-order valence-electron chi connectivity index (χ4n) is 1.75. The standard InChI is InChI=1S/C12H14F2O4/c13-6-8-10(15)9(14)11(16)12(18-8)17-7-4-2-1-3-5-7/h1-5,8-12,15-16H,6H2/t8-,9-,10-,11-,12-/m1/s1. The number of halogens is 2. The summed E-state index contributed by atoms with van der Waals surface area (Å²) in [6.45, 7) is -1.05. The van der Waals surface area contributed by atoms with Crippen LogP contribution < -0.4 is 4.74 Å². The van der Waals surface area contributed by atoms with Crippen molar-refractivity contribution < 1.29 is 28.5 Å². The molecule has 0 spiro atoms. The van der Waals surface area contributed by atoms with Crippen LogP contribution in [0.1, 0.15) is 0 Å². The molecule has 1 aromatic rings. The van der Waals surface area contributed by atoms with Gasteiger partial charge in [0.25, 0.3) is 0 Å². The summed E-state index contributed by atoms with van der Waals surface area (Å²) in [5.41, 5.74) is 0. The lowest BCUT2D eigenvalue weighted by Gasteiger charge is -2.38. The maximum absolute atomic E-state index is 13.5. The first-order valence-corrected chi connectivity index (χ1v) is 5.57. The molecule has 1 aliphatic rings. The van der Waals surface area contributed by atoms with Gasteiger partial charge in [0.15, 0.2) is 6.17 Å². The normalized spacial score (nSPS) is 36.3. The average molecular weight is 260 g/mol. The molecule has 1 aliphatic heterocycles. The first kappa shape index (κ1) is 13.2. The lowest BCUT2D eigenvalue weighted by molar-refractivity contribution is -0.261. The van der Waals surface area contributed by atoms with Gasteiger partial charge in [0, 0.05) is 0 Å². The van der Waals surface area contributed by atoms with E-state index < -0.39 is 37.4 Å². The van der Waals surface area contributed by atoms with Crippen LogP contribution in [0.15, 0.2) is 30.3 Å². The minimum absolute atomic E-state index is 0.364. The molecule has 0 unspecified atom stereocenters. The van der Waals surface area contributed by atoms with Crippen molar-refractivity contribution in [2.75, 3.05) is 6.67 Å². The van der Waals surface area contributed by atoms with Crippen LogP contribution in [-0.4, -0.2) is 47.7 Å². The smallest absolute Gasteiger partial charge is 0.229 e. The van der Waals surface area contributed by atoms with E-state index in [1.54, 1.807) is 30.3 Å². The first-order valence-electron chi connectivity index (χ1n) is 5.57. The summed E-state index contributed by atoms with van der Waals surface area (Å²) >= 11 is 0. The molecule has 5 atom stereocenters. The lowest BCUT2D eigenvalue weighted by Crippen LogP contribution is -2.58. The number of aliphatic hydroxyl groups is 2. The highest BCUT2D eigenvalue weighted by molar-refractivity contribution is 5.21. The van der Waals surface area contributed by atoms with Crippen molar-refractivity contribution in [3.63, 3.8) is 0 Å². The Morgan fingerprint density at radius 2 is 1.83 bits per heavy atom. The van der Waals surface area contributed by atoms with Crippen molar-refractivity contribution >= 4 is 0 Å². The number of benzene rings is 1. The predicted molar refractivity (Wildman–Crippen MR) is 58.6 cm³/mol. The highest BCUT2D eigenvalue weighted by Gasteiger charge is 2.46. The molecule has 1 aromatic carbocycles. The minimum Gasteiger partial charge on any atom is -0.462 e. The third kappa shape index (κ3) is 2.60. The van der Waals surface area contributed by atoms with E-state index in [-0.39, 0.29) is 0 Å². The number of hydrogen-bond acceptors (Lipinski definition) is 4. The summed E-state index contributed by atoms with van der Waals surface area (Å²) in [5.74, 6) is 0.364. The molecule has 0 aromatic heterocycles. The van der Waals surface area contributed by atoms with E-state index in [0.29, 0.717) is 5.75 Å². The Balaban J connectivity index is 2.08. The predicted octanol–water partition coefficient (Wildman–Crippen LogP) is 0.820. The van der Waals surface area contributed by atoms with Gasteiger partial charge in [-0.1, -0.05) is 18.2 Å². The van der Waals surface area contributed by atoms with E-state index in [2.05, 4.69) is 0 Å². The molecule has 1 saturated heterocycles. The summed E-state index contributed by atoms with van der Waals surface area (Å²) in [5, 5.41) is 18.9. The highest BCUT2D eigenvalue weighted by Crippen LogP contribution is 2.26. The summed E-state index contributed by atoms with van der Waals surface area (Å²) in [7, 11) is 0. The molecule has 0 radical (unpaired) electrons. The summed E-state index contributed by atoms with van der Waals surface area (Å²) in [4.78, 5) is 0. The minimum atomic E-state index is -2.01. The molecular formula is C12H14F2O4. The van der Waals surface area contributed by atoms with Crippen molar-refractivity contribution in [1.82, 2.24) is 0 Å². The third-order valence-corrected chi connectivity index (χ3v) is 2.77. The second-order valence-corrected chi connectivity index (χ2v) is 4.05. The van der Waals surface area contributed by atoms with Crippen molar-refractivity contribution in [2.24, 2.45) is 0 Å². The molecule has 6 heteroatoms. The van der Waals surface area contributed by atoms with Crippen LogP contribution in [0.25, 0.3) is 0 Å². The molecule has 0 amide bonds. The molecule has 2 N–H and O–H groups in total. The van der Waals surface area contributed by atoms with Crippen LogP contribution >= 0.6 is 0 Å². The number of hydrogen-bond donors (Lipinski definition) is 2. The quantitative estimate of drug-likeness (QED) is 0.844. The molecule has 1 heterocycles. The molecule has 0 bridgehead atoms. The Morgan fingerprint density at radius 1 is 1.17 bits per heavy atom. The van der Waals surface area contributed by atoms with Gasteiger partial charge >= 0.3 is 0 Å². The Kier molecular flexibility index (Phi) is 4.11. The van der Waals surface area contributed by atoms with Crippen molar-refractivity contribution in [3.8, 4) is 5.75 Å². The molecule has 1 fully saturated rings. The number of rotatable bonds is 3. The van der Waals surface area contributed by atoms with Crippen LogP contribution in [0, 0.1) is 0 Å². The van der Waals surface area contributed by atoms with Gasteiger partial charge in [-0.2, -0.15) is 0 Å². The fraction of sp³-hybridized carbons (Fsp3) is 0.500.